The second kappa shape index (κ2) is 5.01. The van der Waals surface area contributed by atoms with E-state index in [2.05, 4.69) is 86.0 Å². The lowest BCUT2D eigenvalue weighted by Crippen LogP contribution is -1.97. The average Bonchev–Trinajstić information content (AvgIpc) is 2.75. The molecule has 0 aliphatic rings. The van der Waals surface area contributed by atoms with E-state index in [1.54, 1.807) is 0 Å². The van der Waals surface area contributed by atoms with Gasteiger partial charge in [0.1, 0.15) is 0 Å². The monoisotopic (exact) mass is 261 g/mol. The zero-order valence-corrected chi connectivity index (χ0v) is 12.2. The van der Waals surface area contributed by atoms with Gasteiger partial charge in [-0.1, -0.05) is 42.5 Å². The second-order valence-corrected chi connectivity index (χ2v) is 5.15. The second-order valence-electron chi connectivity index (χ2n) is 5.15. The zero-order valence-electron chi connectivity index (χ0n) is 12.2. The van der Waals surface area contributed by atoms with Crippen molar-refractivity contribution in [1.29, 1.82) is 0 Å². The Bertz CT molecular complexity index is 776. The van der Waals surface area contributed by atoms with Crippen LogP contribution in [-0.4, -0.2) is 4.57 Å². The van der Waals surface area contributed by atoms with Gasteiger partial charge in [-0.05, 0) is 50.1 Å². The summed E-state index contributed by atoms with van der Waals surface area (Å²) >= 11 is 0. The third-order valence-electron chi connectivity index (χ3n) is 3.83. The number of aromatic nitrogens is 1. The van der Waals surface area contributed by atoms with Gasteiger partial charge in [0.15, 0.2) is 0 Å². The van der Waals surface area contributed by atoms with Crippen LogP contribution in [0.4, 0.5) is 0 Å². The quantitative estimate of drug-likeness (QED) is 0.591. The summed E-state index contributed by atoms with van der Waals surface area (Å²) in [6.45, 7) is 6.45. The minimum Gasteiger partial charge on any atom is -0.309 e. The summed E-state index contributed by atoms with van der Waals surface area (Å²) in [5.41, 5.74) is 6.44. The van der Waals surface area contributed by atoms with Gasteiger partial charge in [0.2, 0.25) is 0 Å². The summed E-state index contributed by atoms with van der Waals surface area (Å²) < 4.78 is 2.36. The minimum absolute atomic E-state index is 1.22. The van der Waals surface area contributed by atoms with Crippen LogP contribution in [0.2, 0.25) is 0 Å². The van der Waals surface area contributed by atoms with E-state index in [-0.39, 0.29) is 0 Å². The SMILES string of the molecule is C/C=C\c1c(C)c2cccc(C)c2n1-c1ccccc1. The van der Waals surface area contributed by atoms with E-state index < -0.39 is 0 Å². The fourth-order valence-corrected chi connectivity index (χ4v) is 2.89. The number of para-hydroxylation sites is 2. The Morgan fingerprint density at radius 2 is 1.65 bits per heavy atom. The molecule has 0 unspecified atom stereocenters. The molecule has 0 bridgehead atoms. The highest BCUT2D eigenvalue weighted by Crippen LogP contribution is 2.31. The Morgan fingerprint density at radius 3 is 2.35 bits per heavy atom. The highest BCUT2D eigenvalue weighted by Gasteiger charge is 2.14. The number of rotatable bonds is 2. The smallest absolute Gasteiger partial charge is 0.0566 e. The van der Waals surface area contributed by atoms with E-state index in [0.29, 0.717) is 0 Å². The van der Waals surface area contributed by atoms with Crippen molar-refractivity contribution in [3.63, 3.8) is 0 Å². The van der Waals surface area contributed by atoms with E-state index in [1.807, 2.05) is 0 Å². The Hall–Kier alpha value is -2.28. The van der Waals surface area contributed by atoms with Crippen molar-refractivity contribution >= 4 is 17.0 Å². The van der Waals surface area contributed by atoms with E-state index >= 15 is 0 Å². The van der Waals surface area contributed by atoms with E-state index in [0.717, 1.165) is 0 Å². The number of hydrogen-bond acceptors (Lipinski definition) is 0. The molecule has 0 radical (unpaired) electrons. The molecule has 0 saturated carbocycles. The summed E-state index contributed by atoms with van der Waals surface area (Å²) in [5.74, 6) is 0. The molecule has 0 amide bonds. The largest absolute Gasteiger partial charge is 0.309 e. The molecule has 0 saturated heterocycles. The van der Waals surface area contributed by atoms with Gasteiger partial charge in [-0.25, -0.2) is 0 Å². The molecule has 0 aliphatic carbocycles. The normalized spacial score (nSPS) is 11.6. The fraction of sp³-hybridized carbons (Fsp3) is 0.158. The van der Waals surface area contributed by atoms with Crippen LogP contribution in [0, 0.1) is 13.8 Å². The molecule has 1 heterocycles. The van der Waals surface area contributed by atoms with Gasteiger partial charge >= 0.3 is 0 Å². The van der Waals surface area contributed by atoms with Crippen LogP contribution in [0.15, 0.2) is 54.6 Å². The van der Waals surface area contributed by atoms with Crippen LogP contribution in [0.25, 0.3) is 22.7 Å². The Kier molecular flexibility index (Phi) is 3.19. The van der Waals surface area contributed by atoms with Crippen molar-refractivity contribution in [3.8, 4) is 5.69 Å². The first-order valence-electron chi connectivity index (χ1n) is 7.02. The van der Waals surface area contributed by atoms with Crippen LogP contribution < -0.4 is 0 Å². The number of benzene rings is 2. The third kappa shape index (κ3) is 1.87. The van der Waals surface area contributed by atoms with Crippen LogP contribution >= 0.6 is 0 Å². The van der Waals surface area contributed by atoms with E-state index in [4.69, 9.17) is 0 Å². The molecular weight excluding hydrogens is 242 g/mol. The summed E-state index contributed by atoms with van der Waals surface area (Å²) in [6, 6.07) is 17.1. The molecule has 0 atom stereocenters. The van der Waals surface area contributed by atoms with Gasteiger partial charge in [-0.2, -0.15) is 0 Å². The maximum Gasteiger partial charge on any atom is 0.0566 e. The summed E-state index contributed by atoms with van der Waals surface area (Å²) in [4.78, 5) is 0. The van der Waals surface area contributed by atoms with E-state index in [1.165, 1.54) is 33.4 Å². The first-order valence-corrected chi connectivity index (χ1v) is 7.02. The van der Waals surface area contributed by atoms with Gasteiger partial charge in [-0.15, -0.1) is 0 Å². The van der Waals surface area contributed by atoms with Crippen LogP contribution in [0.1, 0.15) is 23.7 Å². The molecule has 100 valence electrons. The number of allylic oxidation sites excluding steroid dienone is 1. The maximum atomic E-state index is 2.36. The van der Waals surface area contributed by atoms with Gasteiger partial charge < -0.3 is 4.57 Å². The molecule has 1 nitrogen and oxygen atoms in total. The molecule has 20 heavy (non-hydrogen) atoms. The number of fused-ring (bicyclic) bond motifs is 1. The first-order chi connectivity index (χ1) is 9.74. The van der Waals surface area contributed by atoms with Gasteiger partial charge in [0.05, 0.1) is 5.52 Å². The van der Waals surface area contributed by atoms with Crippen molar-refractivity contribution in [3.05, 3.63) is 71.4 Å². The van der Waals surface area contributed by atoms with Crippen molar-refractivity contribution in [2.45, 2.75) is 20.8 Å². The molecule has 0 aliphatic heterocycles. The van der Waals surface area contributed by atoms with E-state index in [9.17, 15) is 0 Å². The molecule has 3 rings (SSSR count). The number of aryl methyl sites for hydroxylation is 2. The summed E-state index contributed by atoms with van der Waals surface area (Å²) in [5, 5.41) is 1.34. The standard InChI is InChI=1S/C19H19N/c1-4-9-18-15(3)17-13-8-10-14(2)19(17)20(18)16-11-6-5-7-12-16/h4-13H,1-3H3/b9-4-. The predicted molar refractivity (Wildman–Crippen MR) is 87.5 cm³/mol. The van der Waals surface area contributed by atoms with Crippen LogP contribution in [0.3, 0.4) is 0 Å². The highest BCUT2D eigenvalue weighted by molar-refractivity contribution is 5.92. The van der Waals surface area contributed by atoms with Gasteiger partial charge in [0, 0.05) is 16.8 Å². The lowest BCUT2D eigenvalue weighted by atomic mass is 10.1. The molecule has 0 fully saturated rings. The maximum absolute atomic E-state index is 2.36. The van der Waals surface area contributed by atoms with Crippen molar-refractivity contribution in [1.82, 2.24) is 4.57 Å². The van der Waals surface area contributed by atoms with Crippen LogP contribution in [-0.2, 0) is 0 Å². The van der Waals surface area contributed by atoms with Crippen LogP contribution in [0.5, 0.6) is 0 Å². The lowest BCUT2D eigenvalue weighted by Gasteiger charge is -2.10. The first kappa shape index (κ1) is 12.7. The zero-order chi connectivity index (χ0) is 14.1. The van der Waals surface area contributed by atoms with Crippen molar-refractivity contribution < 1.29 is 0 Å². The molecule has 2 aromatic carbocycles. The lowest BCUT2D eigenvalue weighted by molar-refractivity contribution is 1.09. The summed E-state index contributed by atoms with van der Waals surface area (Å²) in [7, 11) is 0. The molecule has 0 N–H and O–H groups in total. The molecule has 3 aromatic rings. The Labute approximate surface area is 120 Å². The van der Waals surface area contributed by atoms with Crippen molar-refractivity contribution in [2.75, 3.05) is 0 Å². The fourth-order valence-electron chi connectivity index (χ4n) is 2.89. The highest BCUT2D eigenvalue weighted by atomic mass is 15.0. The number of nitrogens with zero attached hydrogens (tertiary/aromatic N) is 1. The minimum atomic E-state index is 1.22. The third-order valence-corrected chi connectivity index (χ3v) is 3.83. The Balaban J connectivity index is 2.48. The van der Waals surface area contributed by atoms with Gasteiger partial charge in [0.25, 0.3) is 0 Å². The molecular formula is C19H19N. The van der Waals surface area contributed by atoms with Gasteiger partial charge in [-0.3, -0.25) is 0 Å². The topological polar surface area (TPSA) is 4.93 Å². The van der Waals surface area contributed by atoms with Crippen molar-refractivity contribution in [2.24, 2.45) is 0 Å². The Morgan fingerprint density at radius 1 is 0.900 bits per heavy atom. The molecule has 0 spiro atoms. The average molecular weight is 261 g/mol. The molecule has 1 heteroatoms. The molecule has 1 aromatic heterocycles. The number of hydrogen-bond donors (Lipinski definition) is 0. The summed E-state index contributed by atoms with van der Waals surface area (Å²) in [6.07, 6.45) is 4.30. The predicted octanol–water partition coefficient (Wildman–Crippen LogP) is 5.28.